The smallest absolute Gasteiger partial charge is 0.329 e. The molecule has 1 atom stereocenters. The van der Waals surface area contributed by atoms with Gasteiger partial charge in [0.05, 0.1) is 12.6 Å². The van der Waals surface area contributed by atoms with Crippen LogP contribution in [0.1, 0.15) is 18.5 Å². The highest BCUT2D eigenvalue weighted by Crippen LogP contribution is 2.25. The molecule has 0 spiro atoms. The van der Waals surface area contributed by atoms with Crippen LogP contribution in [-0.4, -0.2) is 48.8 Å². The number of rotatable bonds is 7. The second-order valence-electron chi connectivity index (χ2n) is 4.49. The number of carboxylic acids is 1. The van der Waals surface area contributed by atoms with E-state index in [1.165, 1.54) is 4.90 Å². The number of urea groups is 1. The van der Waals surface area contributed by atoms with Crippen LogP contribution in [0.15, 0.2) is 24.3 Å². The average molecular weight is 315 g/mol. The number of carbonyl (C=O) groups is 2. The Hall–Kier alpha value is -1.79. The van der Waals surface area contributed by atoms with Crippen molar-refractivity contribution in [2.75, 3.05) is 26.8 Å². The number of nitrogens with zero attached hydrogens (tertiary/aromatic N) is 1. The van der Waals surface area contributed by atoms with E-state index in [4.69, 9.17) is 21.4 Å². The molecule has 0 bridgehead atoms. The zero-order chi connectivity index (χ0) is 15.8. The minimum atomic E-state index is -1.04. The number of nitrogens with one attached hydrogen (secondary N) is 1. The van der Waals surface area contributed by atoms with Gasteiger partial charge in [-0.3, -0.25) is 0 Å². The third-order valence-corrected chi connectivity index (χ3v) is 3.35. The number of carbonyl (C=O) groups excluding carboxylic acids is 1. The highest BCUT2D eigenvalue weighted by Gasteiger charge is 2.18. The predicted molar refractivity (Wildman–Crippen MR) is 79.5 cm³/mol. The van der Waals surface area contributed by atoms with Gasteiger partial charge >= 0.3 is 12.0 Å². The van der Waals surface area contributed by atoms with Crippen molar-refractivity contribution in [3.05, 3.63) is 34.9 Å². The van der Waals surface area contributed by atoms with Crippen molar-refractivity contribution in [2.24, 2.45) is 0 Å². The maximum absolute atomic E-state index is 12.0. The molecule has 2 amide bonds. The van der Waals surface area contributed by atoms with Crippen molar-refractivity contribution in [2.45, 2.75) is 13.0 Å². The molecule has 0 radical (unpaired) electrons. The van der Waals surface area contributed by atoms with Crippen LogP contribution in [0.2, 0.25) is 5.02 Å². The van der Waals surface area contributed by atoms with Gasteiger partial charge in [0.15, 0.2) is 0 Å². The molecule has 0 aliphatic heterocycles. The summed E-state index contributed by atoms with van der Waals surface area (Å²) in [4.78, 5) is 23.7. The Kier molecular flexibility index (Phi) is 6.98. The Morgan fingerprint density at radius 3 is 2.71 bits per heavy atom. The Labute approximate surface area is 128 Å². The number of aliphatic carboxylic acids is 1. The molecule has 7 heteroatoms. The molecule has 1 aromatic rings. The Bertz CT molecular complexity index is 496. The lowest BCUT2D eigenvalue weighted by atomic mass is 10.1. The van der Waals surface area contributed by atoms with Crippen LogP contribution in [0.3, 0.4) is 0 Å². The highest BCUT2D eigenvalue weighted by atomic mass is 35.5. The fourth-order valence-corrected chi connectivity index (χ4v) is 2.01. The van der Waals surface area contributed by atoms with E-state index in [1.54, 1.807) is 13.1 Å². The lowest BCUT2D eigenvalue weighted by Crippen LogP contribution is -2.40. The molecule has 1 aromatic carbocycles. The molecule has 1 unspecified atom stereocenters. The van der Waals surface area contributed by atoms with E-state index in [9.17, 15) is 9.59 Å². The fourth-order valence-electron chi connectivity index (χ4n) is 1.71. The standard InChI is InChI=1S/C14H19ClN2O4/c1-10(11-5-3-4-6-12(11)15)17(2)14(20)16-7-8-21-9-13(18)19/h3-6,10H,7-9H2,1-2H3,(H,16,20)(H,18,19). The number of halogens is 1. The molecule has 0 aliphatic carbocycles. The second kappa shape index (κ2) is 8.49. The summed E-state index contributed by atoms with van der Waals surface area (Å²) >= 11 is 6.11. The van der Waals surface area contributed by atoms with Gasteiger partial charge in [-0.2, -0.15) is 0 Å². The van der Waals surface area contributed by atoms with Gasteiger partial charge in [-0.1, -0.05) is 29.8 Å². The van der Waals surface area contributed by atoms with Crippen LogP contribution in [-0.2, 0) is 9.53 Å². The maximum atomic E-state index is 12.0. The van der Waals surface area contributed by atoms with Gasteiger partial charge in [-0.25, -0.2) is 9.59 Å². The van der Waals surface area contributed by atoms with Gasteiger partial charge in [-0.05, 0) is 18.6 Å². The molecule has 116 valence electrons. The van der Waals surface area contributed by atoms with Gasteiger partial charge in [0, 0.05) is 18.6 Å². The van der Waals surface area contributed by atoms with Gasteiger partial charge in [0.25, 0.3) is 0 Å². The van der Waals surface area contributed by atoms with Crippen molar-refractivity contribution in [3.8, 4) is 0 Å². The molecule has 0 saturated heterocycles. The van der Waals surface area contributed by atoms with Crippen LogP contribution in [0.4, 0.5) is 4.79 Å². The quantitative estimate of drug-likeness (QED) is 0.756. The first kappa shape index (κ1) is 17.3. The summed E-state index contributed by atoms with van der Waals surface area (Å²) in [5.74, 6) is -1.04. The van der Waals surface area contributed by atoms with Gasteiger partial charge < -0.3 is 20.1 Å². The normalized spacial score (nSPS) is 11.8. The summed E-state index contributed by atoms with van der Waals surface area (Å²) in [7, 11) is 1.67. The van der Waals surface area contributed by atoms with E-state index in [2.05, 4.69) is 5.32 Å². The summed E-state index contributed by atoms with van der Waals surface area (Å²) in [6.07, 6.45) is 0. The van der Waals surface area contributed by atoms with E-state index >= 15 is 0 Å². The summed E-state index contributed by atoms with van der Waals surface area (Å²) in [6, 6.07) is 6.88. The zero-order valence-corrected chi connectivity index (χ0v) is 12.8. The Morgan fingerprint density at radius 1 is 1.43 bits per heavy atom. The summed E-state index contributed by atoms with van der Waals surface area (Å²) in [5.41, 5.74) is 0.860. The Morgan fingerprint density at radius 2 is 2.10 bits per heavy atom. The van der Waals surface area contributed by atoms with Crippen LogP contribution in [0.5, 0.6) is 0 Å². The molecule has 0 heterocycles. The molecular weight excluding hydrogens is 296 g/mol. The summed E-state index contributed by atoms with van der Waals surface area (Å²) in [5, 5.41) is 11.7. The minimum Gasteiger partial charge on any atom is -0.480 e. The largest absolute Gasteiger partial charge is 0.480 e. The first-order chi connectivity index (χ1) is 9.93. The van der Waals surface area contributed by atoms with Crippen molar-refractivity contribution < 1.29 is 19.4 Å². The van der Waals surface area contributed by atoms with Crippen LogP contribution >= 0.6 is 11.6 Å². The minimum absolute atomic E-state index is 0.145. The predicted octanol–water partition coefficient (Wildman–Crippen LogP) is 2.14. The number of hydrogen-bond donors (Lipinski definition) is 2. The number of benzene rings is 1. The average Bonchev–Trinajstić information content (AvgIpc) is 2.45. The van der Waals surface area contributed by atoms with Crippen LogP contribution in [0.25, 0.3) is 0 Å². The number of ether oxygens (including phenoxy) is 1. The third kappa shape index (κ3) is 5.61. The van der Waals surface area contributed by atoms with E-state index in [-0.39, 0.29) is 31.8 Å². The number of carboxylic acid groups (broad SMARTS) is 1. The lowest BCUT2D eigenvalue weighted by molar-refractivity contribution is -0.142. The van der Waals surface area contributed by atoms with E-state index in [1.807, 2.05) is 25.1 Å². The first-order valence-electron chi connectivity index (χ1n) is 6.48. The van der Waals surface area contributed by atoms with E-state index in [0.29, 0.717) is 5.02 Å². The summed E-state index contributed by atoms with van der Waals surface area (Å²) in [6.45, 7) is 1.89. The maximum Gasteiger partial charge on any atom is 0.329 e. The molecule has 6 nitrogen and oxygen atoms in total. The molecule has 0 aliphatic rings. The van der Waals surface area contributed by atoms with Gasteiger partial charge in [0.2, 0.25) is 0 Å². The summed E-state index contributed by atoms with van der Waals surface area (Å²) < 4.78 is 4.84. The van der Waals surface area contributed by atoms with Crippen molar-refractivity contribution in [3.63, 3.8) is 0 Å². The van der Waals surface area contributed by atoms with Gasteiger partial charge in [-0.15, -0.1) is 0 Å². The Balaban J connectivity index is 2.43. The molecule has 0 fully saturated rings. The second-order valence-corrected chi connectivity index (χ2v) is 4.89. The molecule has 0 saturated carbocycles. The lowest BCUT2D eigenvalue weighted by Gasteiger charge is -2.26. The van der Waals surface area contributed by atoms with Crippen LogP contribution < -0.4 is 5.32 Å². The molecule has 1 rings (SSSR count). The van der Waals surface area contributed by atoms with E-state index in [0.717, 1.165) is 5.56 Å². The molecular formula is C14H19ClN2O4. The van der Waals surface area contributed by atoms with Crippen molar-refractivity contribution in [1.82, 2.24) is 10.2 Å². The number of amides is 2. The molecule has 21 heavy (non-hydrogen) atoms. The van der Waals surface area contributed by atoms with E-state index < -0.39 is 5.97 Å². The number of hydrogen-bond acceptors (Lipinski definition) is 3. The first-order valence-corrected chi connectivity index (χ1v) is 6.86. The van der Waals surface area contributed by atoms with Gasteiger partial charge in [0.1, 0.15) is 6.61 Å². The topological polar surface area (TPSA) is 78.9 Å². The monoisotopic (exact) mass is 314 g/mol. The molecule has 2 N–H and O–H groups in total. The highest BCUT2D eigenvalue weighted by molar-refractivity contribution is 6.31. The fraction of sp³-hybridized carbons (Fsp3) is 0.429. The third-order valence-electron chi connectivity index (χ3n) is 3.00. The van der Waals surface area contributed by atoms with Crippen LogP contribution in [0, 0.1) is 0 Å². The van der Waals surface area contributed by atoms with Crippen molar-refractivity contribution >= 4 is 23.6 Å². The zero-order valence-electron chi connectivity index (χ0n) is 12.0. The van der Waals surface area contributed by atoms with Crippen molar-refractivity contribution in [1.29, 1.82) is 0 Å². The SMILES string of the molecule is CC(c1ccccc1Cl)N(C)C(=O)NCCOCC(=O)O. The molecule has 0 aromatic heterocycles.